The summed E-state index contributed by atoms with van der Waals surface area (Å²) in [5.74, 6) is -9.97. The molecule has 20 heteroatoms. The number of carbonyl (C=O) groups excluding carboxylic acids is 2. The number of fused-ring (bicyclic) bond motifs is 1. The molecule has 0 atom stereocenters. The van der Waals surface area contributed by atoms with E-state index in [1.807, 2.05) is 25.1 Å². The molecule has 3 aromatic rings. The third kappa shape index (κ3) is 10.8. The van der Waals surface area contributed by atoms with Crippen LogP contribution in [0.1, 0.15) is 98.8 Å². The zero-order valence-corrected chi connectivity index (χ0v) is 38.6. The molecular formula is C46H52F6O12S2-2. The Morgan fingerprint density at radius 3 is 1.61 bits per heavy atom. The van der Waals surface area contributed by atoms with Crippen LogP contribution in [0.15, 0.2) is 46.2 Å². The number of hydrogen-bond donors (Lipinski definition) is 0. The van der Waals surface area contributed by atoms with Gasteiger partial charge in [0, 0.05) is 6.92 Å². The van der Waals surface area contributed by atoms with Gasteiger partial charge in [-0.05, 0) is 174 Å². The van der Waals surface area contributed by atoms with Crippen molar-refractivity contribution in [3.8, 4) is 11.5 Å². The summed E-state index contributed by atoms with van der Waals surface area (Å²) in [4.78, 5) is 20.5. The molecule has 0 amide bonds. The van der Waals surface area contributed by atoms with Gasteiger partial charge < -0.3 is 28.1 Å². The van der Waals surface area contributed by atoms with E-state index in [0.29, 0.717) is 36.7 Å². The summed E-state index contributed by atoms with van der Waals surface area (Å²) in [5.41, 5.74) is -1.73. The van der Waals surface area contributed by atoms with Crippen LogP contribution < -0.4 is 9.47 Å². The van der Waals surface area contributed by atoms with Gasteiger partial charge in [-0.2, -0.15) is 17.6 Å². The van der Waals surface area contributed by atoms with Gasteiger partial charge in [0.15, 0.2) is 24.0 Å². The maximum Gasteiger partial charge on any atom is 0.377 e. The average Bonchev–Trinajstić information content (AvgIpc) is 3.19. The minimum absolute atomic E-state index is 0.185. The fourth-order valence-corrected chi connectivity index (χ4v) is 12.8. The van der Waals surface area contributed by atoms with Crippen LogP contribution >= 0.6 is 0 Å². The zero-order valence-electron chi connectivity index (χ0n) is 36.9. The van der Waals surface area contributed by atoms with Crippen LogP contribution in [0.25, 0.3) is 10.8 Å². The predicted molar refractivity (Wildman–Crippen MR) is 221 cm³/mol. The van der Waals surface area contributed by atoms with Crippen molar-refractivity contribution in [3.63, 3.8) is 0 Å². The van der Waals surface area contributed by atoms with E-state index in [0.717, 1.165) is 65.9 Å². The van der Waals surface area contributed by atoms with E-state index in [4.69, 9.17) is 9.47 Å². The van der Waals surface area contributed by atoms with Gasteiger partial charge in [0.25, 0.3) is 0 Å². The van der Waals surface area contributed by atoms with Gasteiger partial charge in [-0.15, -0.1) is 0 Å². The van der Waals surface area contributed by atoms with Crippen molar-refractivity contribution in [1.29, 1.82) is 0 Å². The Labute approximate surface area is 379 Å². The van der Waals surface area contributed by atoms with Crippen LogP contribution in [-0.2, 0) is 39.3 Å². The zero-order chi connectivity index (χ0) is 48.5. The van der Waals surface area contributed by atoms with Crippen molar-refractivity contribution in [3.05, 3.63) is 59.7 Å². The number of esters is 2. The fraction of sp³-hybridized carbons (Fsp3) is 0.609. The average molecular weight is 975 g/mol. The van der Waals surface area contributed by atoms with E-state index < -0.39 is 89.8 Å². The number of halogens is 6. The van der Waals surface area contributed by atoms with Crippen molar-refractivity contribution in [2.24, 2.45) is 47.3 Å². The van der Waals surface area contributed by atoms with Crippen LogP contribution in [0.2, 0.25) is 0 Å². The molecule has 0 spiro atoms. The van der Waals surface area contributed by atoms with E-state index in [1.165, 1.54) is 71.4 Å². The van der Waals surface area contributed by atoms with Crippen LogP contribution in [0, 0.1) is 70.6 Å². The molecule has 3 aromatic carbocycles. The molecule has 12 nitrogen and oxygen atoms in total. The molecule has 0 aliphatic heterocycles. The highest BCUT2D eigenvalue weighted by Crippen LogP contribution is 2.59. The fourth-order valence-electron chi connectivity index (χ4n) is 11.7. The van der Waals surface area contributed by atoms with Crippen molar-refractivity contribution in [2.75, 3.05) is 6.61 Å². The lowest BCUT2D eigenvalue weighted by Gasteiger charge is -2.59. The second kappa shape index (κ2) is 18.1. The lowest BCUT2D eigenvalue weighted by Crippen LogP contribution is -2.58. The van der Waals surface area contributed by atoms with Gasteiger partial charge in [-0.3, -0.25) is 0 Å². The Morgan fingerprint density at radius 1 is 0.682 bits per heavy atom. The van der Waals surface area contributed by atoms with Crippen molar-refractivity contribution in [2.45, 2.75) is 132 Å². The number of carbonyl (C=O) groups is 2. The number of hydrogen-bond acceptors (Lipinski definition) is 12. The normalized spacial score (nSPS) is 29.6. The first-order valence-electron chi connectivity index (χ1n) is 21.9. The summed E-state index contributed by atoms with van der Waals surface area (Å²) in [6, 6.07) is 10.2. The Balaban J connectivity index is 0.000000149. The van der Waals surface area contributed by atoms with Crippen molar-refractivity contribution in [1.82, 2.24) is 0 Å². The summed E-state index contributed by atoms with van der Waals surface area (Å²) in [7, 11) is -10.1. The second-order valence-electron chi connectivity index (χ2n) is 20.1. The largest absolute Gasteiger partial charge is 0.744 e. The molecule has 364 valence electrons. The van der Waals surface area contributed by atoms with Crippen LogP contribution in [0.3, 0.4) is 0 Å². The molecule has 0 radical (unpaired) electrons. The van der Waals surface area contributed by atoms with Gasteiger partial charge in [-0.1, -0.05) is 12.1 Å². The number of alkyl halides is 2. The first-order chi connectivity index (χ1) is 30.5. The molecule has 0 N–H and O–H groups in total. The molecule has 0 saturated heterocycles. The highest BCUT2D eigenvalue weighted by molar-refractivity contribution is 7.86. The Morgan fingerprint density at radius 2 is 1.15 bits per heavy atom. The van der Waals surface area contributed by atoms with Crippen molar-refractivity contribution >= 4 is 42.9 Å². The van der Waals surface area contributed by atoms with E-state index in [1.54, 1.807) is 6.07 Å². The predicted octanol–water partition coefficient (Wildman–Crippen LogP) is 9.21. The SMILES string of the molecule is CC(C)(C)Oc1c(F)c(F)c(S(=O)(=O)[O-])c(F)c1F.CC(F)(F)C(=O)OCC(=O)OC1(C)C2CC3CC(C2)CC1C3.O=S(=O)([O-])c1ccc2cc(OC3C4CC5CC(C4)CC3C5)ccc2c1. The van der Waals surface area contributed by atoms with E-state index >= 15 is 0 Å². The lowest BCUT2D eigenvalue weighted by molar-refractivity contribution is -0.209. The molecule has 8 bridgehead atoms. The smallest absolute Gasteiger partial charge is 0.377 e. The Bertz CT molecular complexity index is 2510. The van der Waals surface area contributed by atoms with Crippen LogP contribution in [0.5, 0.6) is 11.5 Å². The second-order valence-corrected chi connectivity index (χ2v) is 22.8. The van der Waals surface area contributed by atoms with Gasteiger partial charge in [-0.25, -0.2) is 35.2 Å². The molecule has 0 aromatic heterocycles. The summed E-state index contributed by atoms with van der Waals surface area (Å²) >= 11 is 0. The molecule has 8 saturated carbocycles. The molecular weight excluding hydrogens is 923 g/mol. The molecule has 8 aliphatic carbocycles. The molecule has 66 heavy (non-hydrogen) atoms. The third-order valence-corrected chi connectivity index (χ3v) is 15.8. The van der Waals surface area contributed by atoms with Crippen LogP contribution in [0.4, 0.5) is 26.3 Å². The summed E-state index contributed by atoms with van der Waals surface area (Å²) < 4.78 is 165. The molecule has 0 heterocycles. The Hall–Kier alpha value is -4.14. The van der Waals surface area contributed by atoms with Gasteiger partial charge in [0.2, 0.25) is 11.6 Å². The number of ether oxygens (including phenoxy) is 4. The monoisotopic (exact) mass is 974 g/mol. The lowest BCUT2D eigenvalue weighted by atomic mass is 9.50. The summed E-state index contributed by atoms with van der Waals surface area (Å²) in [6.45, 7) is 5.69. The molecule has 11 rings (SSSR count). The van der Waals surface area contributed by atoms with Gasteiger partial charge in [0.1, 0.15) is 48.2 Å². The Kier molecular flexibility index (Phi) is 13.6. The maximum absolute atomic E-state index is 13.5. The third-order valence-electron chi connectivity index (χ3n) is 14.1. The number of rotatable bonds is 9. The van der Waals surface area contributed by atoms with Crippen molar-refractivity contribution < 1.29 is 80.8 Å². The van der Waals surface area contributed by atoms with E-state index in [9.17, 15) is 61.9 Å². The number of benzene rings is 3. The first kappa shape index (κ1) is 49.8. The topological polar surface area (TPSA) is 185 Å². The quantitative estimate of drug-likeness (QED) is 0.0858. The van der Waals surface area contributed by atoms with E-state index in [2.05, 4.69) is 9.47 Å². The highest BCUT2D eigenvalue weighted by atomic mass is 32.2. The van der Waals surface area contributed by atoms with E-state index in [-0.39, 0.29) is 4.90 Å². The maximum atomic E-state index is 13.5. The highest BCUT2D eigenvalue weighted by Gasteiger charge is 2.57. The van der Waals surface area contributed by atoms with Gasteiger partial charge in [0.05, 0.1) is 4.90 Å². The van der Waals surface area contributed by atoms with Gasteiger partial charge >= 0.3 is 17.9 Å². The minimum atomic E-state index is -5.71. The molecule has 0 unspecified atom stereocenters. The standard InChI is InChI=1S/C20H22O4S.C16H22F2O4.C10H10F4O4S/c21-25(22,23)19-4-2-14-10-18(3-1-15(14)11-19)24-20-16-6-12-5-13(8-16)9-17(20)7-12;1-15(22-13(19)8-21-14(20)16(2,17)18)11-4-9-3-10(6-11)7-12(15)5-9;1-10(2,3)18-8-4(11)6(13)9(19(15,16)17)7(14)5(8)12/h1-4,10-13,16-17,20H,5-9H2,(H,21,22,23);9-12H,3-8H2,1-2H3;1-3H3,(H,15,16,17)/p-2. The first-order valence-corrected chi connectivity index (χ1v) is 24.8. The van der Waals surface area contributed by atoms with Crippen LogP contribution in [-0.4, -0.2) is 67.7 Å². The molecule has 8 aliphatic rings. The summed E-state index contributed by atoms with van der Waals surface area (Å²) in [6.07, 6.45) is 12.6. The minimum Gasteiger partial charge on any atom is -0.744 e. The summed E-state index contributed by atoms with van der Waals surface area (Å²) in [5, 5.41) is 1.64. The molecule has 8 fully saturated rings.